The Hall–Kier alpha value is -3.15. The molecule has 0 saturated heterocycles. The van der Waals surface area contributed by atoms with Crippen LogP contribution >= 0.6 is 34.0 Å². The smallest absolute Gasteiger partial charge is 0.281 e. The topological polar surface area (TPSA) is 98.9 Å². The van der Waals surface area contributed by atoms with Crippen LogP contribution < -0.4 is 16.5 Å². The number of thiophene rings is 3. The van der Waals surface area contributed by atoms with Crippen LogP contribution in [0.3, 0.4) is 0 Å². The molecule has 0 unspecified atom stereocenters. The molecule has 5 heterocycles. The van der Waals surface area contributed by atoms with Crippen LogP contribution in [0.5, 0.6) is 0 Å². The predicted molar refractivity (Wildman–Crippen MR) is 120 cm³/mol. The van der Waals surface area contributed by atoms with Crippen LogP contribution in [-0.2, 0) is 11.3 Å². The van der Waals surface area contributed by atoms with E-state index in [2.05, 4.69) is 15.4 Å². The number of hydrogen-bond donors (Lipinski definition) is 1. The monoisotopic (exact) mass is 455 g/mol. The number of nitrogens with one attached hydrogen (secondary N) is 1. The highest BCUT2D eigenvalue weighted by Crippen LogP contribution is 2.33. The van der Waals surface area contributed by atoms with Gasteiger partial charge in [0.25, 0.3) is 17.0 Å². The van der Waals surface area contributed by atoms with E-state index in [1.165, 1.54) is 44.9 Å². The van der Waals surface area contributed by atoms with Gasteiger partial charge in [-0.1, -0.05) is 6.07 Å². The van der Waals surface area contributed by atoms with Gasteiger partial charge in [-0.3, -0.25) is 24.4 Å². The third-order valence-electron chi connectivity index (χ3n) is 4.56. The Labute approximate surface area is 180 Å². The maximum absolute atomic E-state index is 13.0. The Balaban J connectivity index is 1.48. The Morgan fingerprint density at radius 3 is 2.77 bits per heavy atom. The van der Waals surface area contributed by atoms with E-state index in [-0.39, 0.29) is 17.7 Å². The van der Waals surface area contributed by atoms with Crippen LogP contribution in [0.15, 0.2) is 50.3 Å². The highest BCUT2D eigenvalue weighted by atomic mass is 32.1. The van der Waals surface area contributed by atoms with Gasteiger partial charge in [-0.25, -0.2) is 14.6 Å². The molecule has 150 valence electrons. The van der Waals surface area contributed by atoms with E-state index in [4.69, 9.17) is 0 Å². The zero-order valence-corrected chi connectivity index (χ0v) is 17.9. The van der Waals surface area contributed by atoms with Crippen molar-refractivity contribution in [3.63, 3.8) is 0 Å². The van der Waals surface area contributed by atoms with E-state index >= 15 is 0 Å². The summed E-state index contributed by atoms with van der Waals surface area (Å²) in [4.78, 5) is 49.2. The van der Waals surface area contributed by atoms with Crippen molar-refractivity contribution in [2.75, 3.05) is 5.43 Å². The molecule has 0 fully saturated rings. The molecule has 1 N–H and O–H groups in total. The number of carbonyl (C=O) groups excluding carboxylic acids is 1. The quantitative estimate of drug-likeness (QED) is 0.449. The highest BCUT2D eigenvalue weighted by molar-refractivity contribution is 7.18. The summed E-state index contributed by atoms with van der Waals surface area (Å²) < 4.78 is 2.36. The van der Waals surface area contributed by atoms with E-state index in [0.29, 0.717) is 26.3 Å². The molecular weight excluding hydrogens is 442 g/mol. The fourth-order valence-corrected chi connectivity index (χ4v) is 5.68. The van der Waals surface area contributed by atoms with E-state index in [9.17, 15) is 14.4 Å². The van der Waals surface area contributed by atoms with Crippen molar-refractivity contribution in [3.05, 3.63) is 67.2 Å². The number of amides is 1. The molecule has 30 heavy (non-hydrogen) atoms. The number of aromatic nitrogens is 4. The molecule has 0 aromatic carbocycles. The molecule has 0 spiro atoms. The SMILES string of the molecule is Cc1nc2sccc2c(=O)n1NC(=O)Cn1cnc2scc(-c3cccs3)c2c1=O. The van der Waals surface area contributed by atoms with E-state index in [1.807, 2.05) is 22.9 Å². The Bertz CT molecular complexity index is 1520. The normalized spacial score (nSPS) is 11.4. The van der Waals surface area contributed by atoms with Crippen molar-refractivity contribution in [1.82, 2.24) is 19.2 Å². The van der Waals surface area contributed by atoms with E-state index in [0.717, 1.165) is 15.1 Å². The highest BCUT2D eigenvalue weighted by Gasteiger charge is 2.16. The first-order valence-electron chi connectivity index (χ1n) is 8.80. The standard InChI is InChI=1S/C19H13N5O3S3/c1-10-21-16-11(4-6-29-16)18(26)24(10)22-14(25)7-23-9-20-17-15(19(23)27)12(8-30-17)13-3-2-5-28-13/h2-6,8-9H,7H2,1H3,(H,22,25). The lowest BCUT2D eigenvalue weighted by atomic mass is 10.2. The number of nitrogens with zero attached hydrogens (tertiary/aromatic N) is 4. The van der Waals surface area contributed by atoms with Crippen molar-refractivity contribution in [2.24, 2.45) is 0 Å². The molecule has 0 aliphatic rings. The summed E-state index contributed by atoms with van der Waals surface area (Å²) in [7, 11) is 0. The first-order valence-corrected chi connectivity index (χ1v) is 11.4. The van der Waals surface area contributed by atoms with Gasteiger partial charge in [-0.2, -0.15) is 0 Å². The summed E-state index contributed by atoms with van der Waals surface area (Å²) in [5.74, 6) is -0.158. The second-order valence-electron chi connectivity index (χ2n) is 6.46. The summed E-state index contributed by atoms with van der Waals surface area (Å²) in [5.41, 5.74) is 2.71. The van der Waals surface area contributed by atoms with Crippen molar-refractivity contribution in [1.29, 1.82) is 0 Å². The van der Waals surface area contributed by atoms with Gasteiger partial charge in [0.05, 0.1) is 17.1 Å². The molecule has 0 atom stereocenters. The fraction of sp³-hybridized carbons (Fsp3) is 0.105. The van der Waals surface area contributed by atoms with Gasteiger partial charge in [0, 0.05) is 15.8 Å². The molecule has 0 saturated carbocycles. The van der Waals surface area contributed by atoms with E-state index < -0.39 is 5.91 Å². The summed E-state index contributed by atoms with van der Waals surface area (Å²) in [6.45, 7) is 1.37. The van der Waals surface area contributed by atoms with Gasteiger partial charge in [0.15, 0.2) is 0 Å². The average molecular weight is 456 g/mol. The van der Waals surface area contributed by atoms with Crippen LogP contribution in [0.1, 0.15) is 5.82 Å². The summed E-state index contributed by atoms with van der Waals surface area (Å²) in [6.07, 6.45) is 1.36. The van der Waals surface area contributed by atoms with Crippen molar-refractivity contribution < 1.29 is 4.79 Å². The zero-order chi connectivity index (χ0) is 20.8. The molecule has 0 bridgehead atoms. The number of carbonyl (C=O) groups is 1. The summed E-state index contributed by atoms with van der Waals surface area (Å²) in [5, 5.41) is 6.55. The second-order valence-corrected chi connectivity index (χ2v) is 9.16. The number of aryl methyl sites for hydroxylation is 1. The molecule has 0 aliphatic heterocycles. The molecule has 0 radical (unpaired) electrons. The molecule has 8 nitrogen and oxygen atoms in total. The fourth-order valence-electron chi connectivity index (χ4n) is 3.15. The molecule has 1 amide bonds. The van der Waals surface area contributed by atoms with Crippen LogP contribution in [0.2, 0.25) is 0 Å². The molecule has 11 heteroatoms. The largest absolute Gasteiger partial charge is 0.289 e. The van der Waals surface area contributed by atoms with Gasteiger partial charge in [0.2, 0.25) is 0 Å². The maximum Gasteiger partial charge on any atom is 0.281 e. The minimum atomic E-state index is -0.521. The Kier molecular flexibility index (Phi) is 4.57. The summed E-state index contributed by atoms with van der Waals surface area (Å²) >= 11 is 4.29. The van der Waals surface area contributed by atoms with Crippen molar-refractivity contribution in [3.8, 4) is 10.4 Å². The van der Waals surface area contributed by atoms with Gasteiger partial charge in [-0.15, -0.1) is 34.0 Å². The van der Waals surface area contributed by atoms with Gasteiger partial charge >= 0.3 is 0 Å². The first kappa shape index (κ1) is 18.9. The van der Waals surface area contributed by atoms with Crippen LogP contribution in [-0.4, -0.2) is 25.1 Å². The Morgan fingerprint density at radius 1 is 1.10 bits per heavy atom. The lowest BCUT2D eigenvalue weighted by molar-refractivity contribution is -0.117. The van der Waals surface area contributed by atoms with Gasteiger partial charge < -0.3 is 0 Å². The van der Waals surface area contributed by atoms with Crippen LogP contribution in [0.4, 0.5) is 0 Å². The molecule has 5 aromatic rings. The van der Waals surface area contributed by atoms with Gasteiger partial charge in [0.1, 0.15) is 22.0 Å². The minimum Gasteiger partial charge on any atom is -0.289 e. The Morgan fingerprint density at radius 2 is 1.97 bits per heavy atom. The number of hydrogen-bond acceptors (Lipinski definition) is 8. The van der Waals surface area contributed by atoms with Gasteiger partial charge in [-0.05, 0) is 29.8 Å². The van der Waals surface area contributed by atoms with Crippen molar-refractivity contribution >= 4 is 60.4 Å². The second kappa shape index (κ2) is 7.27. The van der Waals surface area contributed by atoms with Crippen LogP contribution in [0, 0.1) is 6.92 Å². The number of fused-ring (bicyclic) bond motifs is 2. The third-order valence-corrected chi connectivity index (χ3v) is 7.16. The lowest BCUT2D eigenvalue weighted by Crippen LogP contribution is -2.38. The molecule has 5 aromatic heterocycles. The third kappa shape index (κ3) is 3.07. The van der Waals surface area contributed by atoms with Crippen LogP contribution in [0.25, 0.3) is 30.9 Å². The average Bonchev–Trinajstić information content (AvgIpc) is 3.47. The molecule has 5 rings (SSSR count). The van der Waals surface area contributed by atoms with Crippen molar-refractivity contribution in [2.45, 2.75) is 13.5 Å². The number of rotatable bonds is 4. The predicted octanol–water partition coefficient (Wildman–Crippen LogP) is 3.04. The lowest BCUT2D eigenvalue weighted by Gasteiger charge is -2.11. The molecular formula is C19H13N5O3S3. The first-order chi connectivity index (χ1) is 14.5. The van der Waals surface area contributed by atoms with E-state index in [1.54, 1.807) is 18.4 Å². The molecule has 0 aliphatic carbocycles. The minimum absolute atomic E-state index is 0.269. The maximum atomic E-state index is 13.0. The summed E-state index contributed by atoms with van der Waals surface area (Å²) in [6, 6.07) is 5.53. The zero-order valence-electron chi connectivity index (χ0n) is 15.5.